The number of para-hydroxylation sites is 1. The molecule has 1 aromatic rings. The van der Waals surface area contributed by atoms with E-state index in [9.17, 15) is 13.2 Å². The Hall–Kier alpha value is -1.76. The Balaban J connectivity index is 1.52. The number of carbonyl (C=O) groups excluding carboxylic acids is 1. The fourth-order valence-electron chi connectivity index (χ4n) is 3.29. The lowest BCUT2D eigenvalue weighted by Crippen LogP contribution is -2.40. The minimum atomic E-state index is -2.94. The highest BCUT2D eigenvalue weighted by Crippen LogP contribution is 2.35. The Morgan fingerprint density at radius 1 is 1.33 bits per heavy atom. The van der Waals surface area contributed by atoms with E-state index in [1.807, 2.05) is 18.2 Å². The molecule has 1 amide bonds. The van der Waals surface area contributed by atoms with E-state index in [1.54, 1.807) is 7.11 Å². The van der Waals surface area contributed by atoms with Crippen LogP contribution in [0.2, 0.25) is 0 Å². The first-order valence-electron chi connectivity index (χ1n) is 8.25. The van der Waals surface area contributed by atoms with Gasteiger partial charge in [0.1, 0.15) is 9.84 Å². The standard InChI is InChI=1S/C17H23NO5S/c1-22-15-4-2-3-14-9-12(11-23-16(14)15)10-18-17(19)13-5-7-24(20,21)8-6-13/h2-4,12-13H,5-11H2,1H3,(H,18,19)/t12-/m0/s1. The number of benzene rings is 1. The van der Waals surface area contributed by atoms with E-state index in [0.29, 0.717) is 26.0 Å². The van der Waals surface area contributed by atoms with Crippen LogP contribution >= 0.6 is 0 Å². The van der Waals surface area contributed by atoms with E-state index in [4.69, 9.17) is 9.47 Å². The molecule has 1 atom stereocenters. The van der Waals surface area contributed by atoms with Crippen LogP contribution in [0.15, 0.2) is 18.2 Å². The Bertz CT molecular complexity index is 702. The Labute approximate surface area is 142 Å². The van der Waals surface area contributed by atoms with Gasteiger partial charge in [-0.05, 0) is 30.9 Å². The van der Waals surface area contributed by atoms with Gasteiger partial charge in [-0.3, -0.25) is 4.79 Å². The van der Waals surface area contributed by atoms with Crippen LogP contribution in [0.4, 0.5) is 0 Å². The maximum atomic E-state index is 12.2. The van der Waals surface area contributed by atoms with Crippen molar-refractivity contribution in [3.63, 3.8) is 0 Å². The van der Waals surface area contributed by atoms with Crippen molar-refractivity contribution in [2.75, 3.05) is 31.8 Å². The van der Waals surface area contributed by atoms with Gasteiger partial charge in [-0.1, -0.05) is 12.1 Å². The largest absolute Gasteiger partial charge is 0.493 e. The number of hydrogen-bond acceptors (Lipinski definition) is 5. The van der Waals surface area contributed by atoms with Crippen LogP contribution in [0, 0.1) is 11.8 Å². The normalized spacial score (nSPS) is 23.0. The highest BCUT2D eigenvalue weighted by molar-refractivity contribution is 7.91. The van der Waals surface area contributed by atoms with Crippen molar-refractivity contribution < 1.29 is 22.7 Å². The molecule has 2 aliphatic rings. The summed E-state index contributed by atoms with van der Waals surface area (Å²) in [5.74, 6) is 1.74. The van der Waals surface area contributed by atoms with Crippen LogP contribution in [-0.4, -0.2) is 46.1 Å². The number of methoxy groups -OCH3 is 1. The third-order valence-corrected chi connectivity index (χ3v) is 6.46. The molecule has 1 aromatic carbocycles. The van der Waals surface area contributed by atoms with Crippen LogP contribution < -0.4 is 14.8 Å². The van der Waals surface area contributed by atoms with Gasteiger partial charge in [0, 0.05) is 18.4 Å². The zero-order chi connectivity index (χ0) is 17.2. The van der Waals surface area contributed by atoms with Crippen LogP contribution in [0.1, 0.15) is 18.4 Å². The number of hydrogen-bond donors (Lipinski definition) is 1. The van der Waals surface area contributed by atoms with Crippen molar-refractivity contribution in [3.05, 3.63) is 23.8 Å². The fraction of sp³-hybridized carbons (Fsp3) is 0.588. The molecule has 0 unspecified atom stereocenters. The van der Waals surface area contributed by atoms with Crippen molar-refractivity contribution in [3.8, 4) is 11.5 Å². The zero-order valence-corrected chi connectivity index (χ0v) is 14.6. The number of rotatable bonds is 4. The maximum Gasteiger partial charge on any atom is 0.223 e. The van der Waals surface area contributed by atoms with Gasteiger partial charge in [0.25, 0.3) is 0 Å². The summed E-state index contributed by atoms with van der Waals surface area (Å²) in [7, 11) is -1.32. The van der Waals surface area contributed by atoms with Crippen molar-refractivity contribution >= 4 is 15.7 Å². The molecule has 1 N–H and O–H groups in total. The smallest absolute Gasteiger partial charge is 0.223 e. The molecule has 0 radical (unpaired) electrons. The second-order valence-electron chi connectivity index (χ2n) is 6.50. The first-order chi connectivity index (χ1) is 11.5. The Morgan fingerprint density at radius 3 is 2.79 bits per heavy atom. The summed E-state index contributed by atoms with van der Waals surface area (Å²) in [5.41, 5.74) is 1.09. The molecular formula is C17H23NO5S. The number of amides is 1. The highest BCUT2D eigenvalue weighted by Gasteiger charge is 2.29. The highest BCUT2D eigenvalue weighted by atomic mass is 32.2. The Kier molecular flexibility index (Phi) is 4.99. The van der Waals surface area contributed by atoms with Crippen LogP contribution in [0.25, 0.3) is 0 Å². The van der Waals surface area contributed by atoms with Gasteiger partial charge in [-0.25, -0.2) is 8.42 Å². The van der Waals surface area contributed by atoms with Crippen molar-refractivity contribution in [1.29, 1.82) is 0 Å². The van der Waals surface area contributed by atoms with Gasteiger partial charge in [0.2, 0.25) is 5.91 Å². The second-order valence-corrected chi connectivity index (χ2v) is 8.80. The first-order valence-corrected chi connectivity index (χ1v) is 10.1. The topological polar surface area (TPSA) is 81.7 Å². The average molecular weight is 353 g/mol. The second kappa shape index (κ2) is 7.01. The summed E-state index contributed by atoms with van der Waals surface area (Å²) in [6.07, 6.45) is 1.68. The number of fused-ring (bicyclic) bond motifs is 1. The van der Waals surface area contributed by atoms with E-state index in [2.05, 4.69) is 5.32 Å². The van der Waals surface area contributed by atoms with E-state index in [-0.39, 0.29) is 29.2 Å². The minimum absolute atomic E-state index is 0.0404. The molecule has 0 spiro atoms. The van der Waals surface area contributed by atoms with E-state index in [1.165, 1.54) is 0 Å². The molecule has 1 fully saturated rings. The molecule has 6 nitrogen and oxygen atoms in total. The van der Waals surface area contributed by atoms with E-state index in [0.717, 1.165) is 23.5 Å². The zero-order valence-electron chi connectivity index (χ0n) is 13.8. The summed E-state index contributed by atoms with van der Waals surface area (Å²) in [6, 6.07) is 5.82. The number of carbonyl (C=O) groups is 1. The lowest BCUT2D eigenvalue weighted by molar-refractivity contribution is -0.125. The predicted molar refractivity (Wildman–Crippen MR) is 90.1 cm³/mol. The van der Waals surface area contributed by atoms with Crippen LogP contribution in [0.5, 0.6) is 11.5 Å². The fourth-order valence-corrected chi connectivity index (χ4v) is 4.78. The molecule has 132 valence electrons. The average Bonchev–Trinajstić information content (AvgIpc) is 2.58. The lowest BCUT2D eigenvalue weighted by atomic mass is 9.95. The minimum Gasteiger partial charge on any atom is -0.493 e. The molecule has 2 aliphatic heterocycles. The summed E-state index contributed by atoms with van der Waals surface area (Å²) in [6.45, 7) is 1.07. The molecule has 2 heterocycles. The molecule has 0 saturated carbocycles. The maximum absolute atomic E-state index is 12.2. The third-order valence-electron chi connectivity index (χ3n) is 4.74. The molecule has 0 bridgehead atoms. The van der Waals surface area contributed by atoms with Gasteiger partial charge in [-0.15, -0.1) is 0 Å². The van der Waals surface area contributed by atoms with Gasteiger partial charge in [0.15, 0.2) is 11.5 Å². The SMILES string of the molecule is COc1cccc2c1OC[C@H](CNC(=O)C1CCS(=O)(=O)CC1)C2. The molecule has 1 saturated heterocycles. The Morgan fingerprint density at radius 2 is 2.08 bits per heavy atom. The number of sulfone groups is 1. The summed E-state index contributed by atoms with van der Waals surface area (Å²) in [5, 5.41) is 2.96. The summed E-state index contributed by atoms with van der Waals surface area (Å²) >= 11 is 0. The molecule has 0 aromatic heterocycles. The monoisotopic (exact) mass is 353 g/mol. The third kappa shape index (κ3) is 3.83. The summed E-state index contributed by atoms with van der Waals surface area (Å²) < 4.78 is 34.0. The van der Waals surface area contributed by atoms with E-state index >= 15 is 0 Å². The lowest BCUT2D eigenvalue weighted by Gasteiger charge is -2.27. The van der Waals surface area contributed by atoms with Crippen molar-refractivity contribution in [1.82, 2.24) is 5.32 Å². The molecule has 7 heteroatoms. The van der Waals surface area contributed by atoms with Gasteiger partial charge < -0.3 is 14.8 Å². The van der Waals surface area contributed by atoms with E-state index < -0.39 is 9.84 Å². The van der Waals surface area contributed by atoms with Crippen LogP contribution in [-0.2, 0) is 21.1 Å². The molecule has 0 aliphatic carbocycles. The number of nitrogens with one attached hydrogen (secondary N) is 1. The van der Waals surface area contributed by atoms with Crippen molar-refractivity contribution in [2.45, 2.75) is 19.3 Å². The van der Waals surface area contributed by atoms with Gasteiger partial charge in [-0.2, -0.15) is 0 Å². The molecular weight excluding hydrogens is 330 g/mol. The predicted octanol–water partition coefficient (Wildman–Crippen LogP) is 1.19. The van der Waals surface area contributed by atoms with Gasteiger partial charge >= 0.3 is 0 Å². The van der Waals surface area contributed by atoms with Crippen LogP contribution in [0.3, 0.4) is 0 Å². The summed E-state index contributed by atoms with van der Waals surface area (Å²) in [4.78, 5) is 12.2. The molecule has 3 rings (SSSR count). The quantitative estimate of drug-likeness (QED) is 0.879. The van der Waals surface area contributed by atoms with Gasteiger partial charge in [0.05, 0.1) is 25.2 Å². The van der Waals surface area contributed by atoms with Crippen molar-refractivity contribution in [2.24, 2.45) is 11.8 Å². The molecule has 24 heavy (non-hydrogen) atoms. The number of ether oxygens (including phenoxy) is 2. The first kappa shape index (κ1) is 17.1.